The van der Waals surface area contributed by atoms with Crippen LogP contribution in [0.5, 0.6) is 0 Å². The second kappa shape index (κ2) is 8.49. The van der Waals surface area contributed by atoms with E-state index >= 15 is 0 Å². The number of benzene rings is 1. The number of hydrogen-bond acceptors (Lipinski definition) is 6. The molecule has 1 amide bonds. The number of anilines is 1. The van der Waals surface area contributed by atoms with Crippen LogP contribution in [0, 0.1) is 0 Å². The number of aromatic nitrogens is 2. The molecule has 3 aromatic rings. The number of nitrogens with one attached hydrogen (secondary N) is 1. The Bertz CT molecular complexity index is 1060. The average molecular weight is 402 g/mol. The summed E-state index contributed by atoms with van der Waals surface area (Å²) >= 11 is 2.62. The Hall–Kier alpha value is -2.45. The molecular formula is C19H19N3O3S2. The number of ketones is 1. The van der Waals surface area contributed by atoms with Crippen LogP contribution < -0.4 is 10.9 Å². The molecule has 1 aromatic carbocycles. The molecule has 8 heteroatoms. The number of hydrogen-bond donors (Lipinski definition) is 1. The van der Waals surface area contributed by atoms with Gasteiger partial charge in [0.25, 0.3) is 5.56 Å². The van der Waals surface area contributed by atoms with Gasteiger partial charge in [-0.15, -0.1) is 11.3 Å². The van der Waals surface area contributed by atoms with E-state index in [2.05, 4.69) is 10.3 Å². The van der Waals surface area contributed by atoms with Crippen molar-refractivity contribution in [2.75, 3.05) is 11.1 Å². The third kappa shape index (κ3) is 4.45. The molecule has 140 valence electrons. The smallest absolute Gasteiger partial charge is 0.272 e. The fourth-order valence-electron chi connectivity index (χ4n) is 2.60. The number of rotatable bonds is 7. The summed E-state index contributed by atoms with van der Waals surface area (Å²) in [6.07, 6.45) is 0.802. The molecule has 0 saturated carbocycles. The van der Waals surface area contributed by atoms with E-state index in [9.17, 15) is 14.4 Å². The molecule has 0 unspecified atom stereocenters. The van der Waals surface area contributed by atoms with Crippen molar-refractivity contribution in [1.82, 2.24) is 9.55 Å². The van der Waals surface area contributed by atoms with E-state index in [-0.39, 0.29) is 23.0 Å². The maximum Gasteiger partial charge on any atom is 0.272 e. The van der Waals surface area contributed by atoms with E-state index in [1.807, 2.05) is 18.4 Å². The van der Waals surface area contributed by atoms with Gasteiger partial charge in [0, 0.05) is 17.8 Å². The molecule has 0 bridgehead atoms. The maximum atomic E-state index is 12.6. The molecular weight excluding hydrogens is 382 g/mol. The van der Waals surface area contributed by atoms with Gasteiger partial charge in [0.15, 0.2) is 10.9 Å². The first-order valence-corrected chi connectivity index (χ1v) is 10.4. The van der Waals surface area contributed by atoms with Gasteiger partial charge in [0.1, 0.15) is 4.70 Å². The number of Topliss-reactive ketones (excluding diaryl/α,β-unsaturated/α-hetero) is 1. The largest absolute Gasteiger partial charge is 0.325 e. The number of fused-ring (bicyclic) bond motifs is 1. The lowest BCUT2D eigenvalue weighted by molar-refractivity contribution is -0.113. The van der Waals surface area contributed by atoms with E-state index < -0.39 is 0 Å². The van der Waals surface area contributed by atoms with Crippen molar-refractivity contribution in [1.29, 1.82) is 0 Å². The Morgan fingerprint density at radius 2 is 2.11 bits per heavy atom. The van der Waals surface area contributed by atoms with Crippen LogP contribution in [-0.4, -0.2) is 27.0 Å². The Kier molecular flexibility index (Phi) is 6.08. The molecule has 27 heavy (non-hydrogen) atoms. The number of amides is 1. The van der Waals surface area contributed by atoms with Crippen LogP contribution in [-0.2, 0) is 11.3 Å². The highest BCUT2D eigenvalue weighted by Crippen LogP contribution is 2.21. The first kappa shape index (κ1) is 19.3. The van der Waals surface area contributed by atoms with Crippen molar-refractivity contribution in [2.45, 2.75) is 32.0 Å². The second-order valence-corrected chi connectivity index (χ2v) is 7.82. The lowest BCUT2D eigenvalue weighted by Gasteiger charge is -2.11. The van der Waals surface area contributed by atoms with E-state index in [0.29, 0.717) is 33.2 Å². The fraction of sp³-hybridized carbons (Fsp3) is 0.263. The number of nitrogens with zero attached hydrogens (tertiary/aromatic N) is 2. The predicted molar refractivity (Wildman–Crippen MR) is 110 cm³/mol. The predicted octanol–water partition coefficient (Wildman–Crippen LogP) is 3.80. The Balaban J connectivity index is 1.75. The highest BCUT2D eigenvalue weighted by Gasteiger charge is 2.14. The van der Waals surface area contributed by atoms with Crippen LogP contribution in [0.25, 0.3) is 10.2 Å². The zero-order valence-corrected chi connectivity index (χ0v) is 16.7. The highest BCUT2D eigenvalue weighted by molar-refractivity contribution is 7.99. The minimum Gasteiger partial charge on any atom is -0.325 e. The normalized spacial score (nSPS) is 10.9. The number of carbonyl (C=O) groups is 2. The van der Waals surface area contributed by atoms with Crippen LogP contribution in [0.3, 0.4) is 0 Å². The van der Waals surface area contributed by atoms with E-state index in [0.717, 1.165) is 6.42 Å². The summed E-state index contributed by atoms with van der Waals surface area (Å²) in [7, 11) is 0. The number of thioether (sulfide) groups is 1. The molecule has 0 aliphatic rings. The van der Waals surface area contributed by atoms with Crippen LogP contribution in [0.4, 0.5) is 5.69 Å². The molecule has 0 aliphatic carbocycles. The summed E-state index contributed by atoms with van der Waals surface area (Å²) in [5, 5.41) is 5.17. The average Bonchev–Trinajstić information content (AvgIpc) is 3.11. The molecule has 6 nitrogen and oxygen atoms in total. The molecule has 1 N–H and O–H groups in total. The Morgan fingerprint density at radius 1 is 1.30 bits per heavy atom. The molecule has 0 saturated heterocycles. The summed E-state index contributed by atoms with van der Waals surface area (Å²) in [6, 6.07) is 8.63. The van der Waals surface area contributed by atoms with Crippen molar-refractivity contribution in [3.05, 3.63) is 51.6 Å². The fourth-order valence-corrected chi connectivity index (χ4v) is 4.20. The van der Waals surface area contributed by atoms with Gasteiger partial charge in [-0.05, 0) is 36.9 Å². The van der Waals surface area contributed by atoms with Gasteiger partial charge in [-0.3, -0.25) is 19.0 Å². The summed E-state index contributed by atoms with van der Waals surface area (Å²) < 4.78 is 2.27. The molecule has 2 heterocycles. The summed E-state index contributed by atoms with van der Waals surface area (Å²) in [5.41, 5.74) is 1.71. The highest BCUT2D eigenvalue weighted by atomic mass is 32.2. The Labute approximate surface area is 164 Å². The lowest BCUT2D eigenvalue weighted by Crippen LogP contribution is -2.23. The van der Waals surface area contributed by atoms with E-state index in [1.54, 1.807) is 28.8 Å². The zero-order valence-electron chi connectivity index (χ0n) is 15.0. The van der Waals surface area contributed by atoms with E-state index in [4.69, 9.17) is 0 Å². The standard InChI is InChI=1S/C19H19N3O3S2/c1-3-8-22-18(25)17-15(7-9-26-17)21-19(22)27-11-16(24)20-14-6-4-5-13(10-14)12(2)23/h4-7,9-10H,3,8,11H2,1-2H3,(H,20,24). The van der Waals surface area contributed by atoms with Crippen LogP contribution >= 0.6 is 23.1 Å². The first-order chi connectivity index (χ1) is 13.0. The Morgan fingerprint density at radius 3 is 2.85 bits per heavy atom. The SMILES string of the molecule is CCCn1c(SCC(=O)Nc2cccc(C(C)=O)c2)nc2ccsc2c1=O. The monoisotopic (exact) mass is 401 g/mol. The number of thiophene rings is 1. The first-order valence-electron chi connectivity index (χ1n) is 8.51. The quantitative estimate of drug-likeness (QED) is 0.370. The molecule has 0 spiro atoms. The van der Waals surface area contributed by atoms with E-state index in [1.165, 1.54) is 30.0 Å². The molecule has 0 atom stereocenters. The minimum absolute atomic E-state index is 0.0580. The van der Waals surface area contributed by atoms with Gasteiger partial charge in [-0.1, -0.05) is 30.8 Å². The van der Waals surface area contributed by atoms with Gasteiger partial charge < -0.3 is 5.32 Å². The molecule has 0 radical (unpaired) electrons. The third-order valence-electron chi connectivity index (χ3n) is 3.86. The molecule has 3 rings (SSSR count). The van der Waals surface area contributed by atoms with Gasteiger partial charge in [-0.2, -0.15) is 0 Å². The number of carbonyl (C=O) groups excluding carboxylic acids is 2. The van der Waals surface area contributed by atoms with Crippen molar-refractivity contribution in [2.24, 2.45) is 0 Å². The molecule has 0 aliphatic heterocycles. The van der Waals surface area contributed by atoms with Gasteiger partial charge >= 0.3 is 0 Å². The maximum absolute atomic E-state index is 12.6. The molecule has 0 fully saturated rings. The van der Waals surface area contributed by atoms with Crippen molar-refractivity contribution >= 4 is 50.7 Å². The third-order valence-corrected chi connectivity index (χ3v) is 5.73. The summed E-state index contributed by atoms with van der Waals surface area (Å²) in [5.74, 6) is -0.156. The zero-order chi connectivity index (χ0) is 19.4. The van der Waals surface area contributed by atoms with Crippen molar-refractivity contribution < 1.29 is 9.59 Å². The topological polar surface area (TPSA) is 81.1 Å². The van der Waals surface area contributed by atoms with Crippen LogP contribution in [0.1, 0.15) is 30.6 Å². The van der Waals surface area contributed by atoms with Crippen molar-refractivity contribution in [3.63, 3.8) is 0 Å². The minimum atomic E-state index is -0.219. The van der Waals surface area contributed by atoms with Crippen LogP contribution in [0.2, 0.25) is 0 Å². The van der Waals surface area contributed by atoms with Crippen molar-refractivity contribution in [3.8, 4) is 0 Å². The van der Waals surface area contributed by atoms with Gasteiger partial charge in [-0.25, -0.2) is 4.98 Å². The lowest BCUT2D eigenvalue weighted by atomic mass is 10.1. The second-order valence-electron chi connectivity index (χ2n) is 5.96. The van der Waals surface area contributed by atoms with Gasteiger partial charge in [0.2, 0.25) is 5.91 Å². The molecule has 2 aromatic heterocycles. The summed E-state index contributed by atoms with van der Waals surface area (Å²) in [6.45, 7) is 4.04. The van der Waals surface area contributed by atoms with Gasteiger partial charge in [0.05, 0.1) is 11.3 Å². The summed E-state index contributed by atoms with van der Waals surface area (Å²) in [4.78, 5) is 40.9. The van der Waals surface area contributed by atoms with Crippen LogP contribution in [0.15, 0.2) is 45.7 Å².